The number of rotatable bonds is 13. The molecule has 0 bridgehead atoms. The summed E-state index contributed by atoms with van der Waals surface area (Å²) in [6.45, 7) is 5.85. The molecule has 0 N–H and O–H groups in total. The number of hydrogen-bond acceptors (Lipinski definition) is 6. The Labute approximate surface area is 178 Å². The van der Waals surface area contributed by atoms with Crippen LogP contribution in [0.4, 0.5) is 0 Å². The first-order chi connectivity index (χ1) is 14.6. The smallest absolute Gasteiger partial charge is 0.343 e. The summed E-state index contributed by atoms with van der Waals surface area (Å²) in [4.78, 5) is 24.2. The van der Waals surface area contributed by atoms with Crippen molar-refractivity contribution in [1.82, 2.24) is 0 Å². The maximum Gasteiger partial charge on any atom is 0.343 e. The topological polar surface area (TPSA) is 71.1 Å². The Morgan fingerprint density at radius 1 is 0.700 bits per heavy atom. The van der Waals surface area contributed by atoms with Crippen LogP contribution in [-0.4, -0.2) is 38.4 Å². The molecule has 0 aromatic heterocycles. The standard InChI is InChI=1S/C24H30O6/c1-3-5-6-7-16-28-21-12-8-20(9-13-21)24(26)30-22-14-10-19(11-15-22)23(25)29-18-17-27-4-2/h8-15H,3-7,16-18H2,1-2H3. The lowest BCUT2D eigenvalue weighted by atomic mass is 10.2. The summed E-state index contributed by atoms with van der Waals surface area (Å²) >= 11 is 0. The molecule has 0 fully saturated rings. The van der Waals surface area contributed by atoms with E-state index in [0.717, 1.165) is 18.6 Å². The van der Waals surface area contributed by atoms with Crippen LogP contribution in [-0.2, 0) is 9.47 Å². The zero-order chi connectivity index (χ0) is 21.6. The van der Waals surface area contributed by atoms with E-state index in [2.05, 4.69) is 6.92 Å². The lowest BCUT2D eigenvalue weighted by molar-refractivity contribution is 0.0335. The van der Waals surface area contributed by atoms with Gasteiger partial charge in [-0.3, -0.25) is 0 Å². The van der Waals surface area contributed by atoms with Crippen LogP contribution in [0.15, 0.2) is 48.5 Å². The first kappa shape index (κ1) is 23.4. The molecule has 0 atom stereocenters. The zero-order valence-corrected chi connectivity index (χ0v) is 17.7. The number of esters is 2. The van der Waals surface area contributed by atoms with E-state index in [4.69, 9.17) is 18.9 Å². The van der Waals surface area contributed by atoms with Crippen molar-refractivity contribution in [2.45, 2.75) is 39.5 Å². The Morgan fingerprint density at radius 3 is 1.97 bits per heavy atom. The SMILES string of the molecule is CCCCCCOc1ccc(C(=O)Oc2ccc(C(=O)OCCOCC)cc2)cc1. The average molecular weight is 414 g/mol. The number of hydrogen-bond donors (Lipinski definition) is 0. The van der Waals surface area contributed by atoms with Crippen LogP contribution in [0.5, 0.6) is 11.5 Å². The number of benzene rings is 2. The van der Waals surface area contributed by atoms with Crippen molar-refractivity contribution in [1.29, 1.82) is 0 Å². The molecule has 0 amide bonds. The van der Waals surface area contributed by atoms with E-state index in [9.17, 15) is 9.59 Å². The Kier molecular flexibility index (Phi) is 10.4. The molecular weight excluding hydrogens is 384 g/mol. The van der Waals surface area contributed by atoms with Gasteiger partial charge in [-0.25, -0.2) is 9.59 Å². The van der Waals surface area contributed by atoms with Crippen molar-refractivity contribution in [3.63, 3.8) is 0 Å². The highest BCUT2D eigenvalue weighted by Crippen LogP contribution is 2.17. The zero-order valence-electron chi connectivity index (χ0n) is 17.7. The molecular formula is C24H30O6. The number of carbonyl (C=O) groups excluding carboxylic acids is 2. The predicted octanol–water partition coefficient (Wildman–Crippen LogP) is 5.06. The Bertz CT molecular complexity index is 767. The van der Waals surface area contributed by atoms with Gasteiger partial charge in [0.15, 0.2) is 0 Å². The summed E-state index contributed by atoms with van der Waals surface area (Å²) in [6.07, 6.45) is 4.58. The number of ether oxygens (including phenoxy) is 4. The molecule has 0 saturated carbocycles. The highest BCUT2D eigenvalue weighted by molar-refractivity contribution is 5.92. The predicted molar refractivity (Wildman–Crippen MR) is 114 cm³/mol. The third kappa shape index (κ3) is 8.25. The van der Waals surface area contributed by atoms with Crippen molar-refractivity contribution in [3.05, 3.63) is 59.7 Å². The molecule has 30 heavy (non-hydrogen) atoms. The molecule has 0 saturated heterocycles. The summed E-state index contributed by atoms with van der Waals surface area (Å²) in [5.41, 5.74) is 0.805. The fraction of sp³-hybridized carbons (Fsp3) is 0.417. The molecule has 0 aliphatic rings. The van der Waals surface area contributed by atoms with E-state index in [1.54, 1.807) is 48.5 Å². The molecule has 0 radical (unpaired) electrons. The van der Waals surface area contributed by atoms with Gasteiger partial charge in [0, 0.05) is 6.61 Å². The summed E-state index contributed by atoms with van der Waals surface area (Å²) in [5, 5.41) is 0. The van der Waals surface area contributed by atoms with Gasteiger partial charge in [0.25, 0.3) is 0 Å². The number of carbonyl (C=O) groups is 2. The minimum atomic E-state index is -0.475. The van der Waals surface area contributed by atoms with Crippen LogP contribution in [0.3, 0.4) is 0 Å². The molecule has 0 aliphatic heterocycles. The van der Waals surface area contributed by atoms with Crippen LogP contribution in [0.25, 0.3) is 0 Å². The summed E-state index contributed by atoms with van der Waals surface area (Å²) in [6, 6.07) is 13.1. The Balaban J connectivity index is 1.80. The quantitative estimate of drug-likeness (QED) is 0.259. The molecule has 2 rings (SSSR count). The first-order valence-corrected chi connectivity index (χ1v) is 10.4. The molecule has 0 heterocycles. The Hall–Kier alpha value is -2.86. The normalized spacial score (nSPS) is 10.5. The number of unbranched alkanes of at least 4 members (excludes halogenated alkanes) is 3. The molecule has 162 valence electrons. The van der Waals surface area contributed by atoms with Crippen LogP contribution in [0.2, 0.25) is 0 Å². The van der Waals surface area contributed by atoms with Gasteiger partial charge in [0.2, 0.25) is 0 Å². The molecule has 0 aliphatic carbocycles. The minimum Gasteiger partial charge on any atom is -0.494 e. The van der Waals surface area contributed by atoms with E-state index >= 15 is 0 Å². The van der Waals surface area contributed by atoms with E-state index in [1.165, 1.54) is 12.8 Å². The van der Waals surface area contributed by atoms with Crippen molar-refractivity contribution in [3.8, 4) is 11.5 Å². The van der Waals surface area contributed by atoms with Crippen LogP contribution in [0, 0.1) is 0 Å². The maximum absolute atomic E-state index is 12.3. The van der Waals surface area contributed by atoms with Crippen molar-refractivity contribution in [2.24, 2.45) is 0 Å². The van der Waals surface area contributed by atoms with E-state index in [-0.39, 0.29) is 6.61 Å². The van der Waals surface area contributed by atoms with Gasteiger partial charge in [-0.05, 0) is 61.9 Å². The second kappa shape index (κ2) is 13.4. The molecule has 2 aromatic carbocycles. The highest BCUT2D eigenvalue weighted by atomic mass is 16.6. The lowest BCUT2D eigenvalue weighted by Gasteiger charge is -2.08. The lowest BCUT2D eigenvalue weighted by Crippen LogP contribution is -2.11. The third-order valence-electron chi connectivity index (χ3n) is 4.32. The van der Waals surface area contributed by atoms with Gasteiger partial charge in [-0.2, -0.15) is 0 Å². The van der Waals surface area contributed by atoms with E-state index < -0.39 is 11.9 Å². The average Bonchev–Trinajstić information content (AvgIpc) is 2.77. The largest absolute Gasteiger partial charge is 0.494 e. The fourth-order valence-electron chi connectivity index (χ4n) is 2.65. The van der Waals surface area contributed by atoms with Gasteiger partial charge >= 0.3 is 11.9 Å². The van der Waals surface area contributed by atoms with Crippen molar-refractivity contribution in [2.75, 3.05) is 26.4 Å². The molecule has 0 unspecified atom stereocenters. The summed E-state index contributed by atoms with van der Waals surface area (Å²) in [7, 11) is 0. The van der Waals surface area contributed by atoms with Gasteiger partial charge in [0.1, 0.15) is 18.1 Å². The molecule has 6 nitrogen and oxygen atoms in total. The van der Waals surface area contributed by atoms with E-state index in [1.807, 2.05) is 6.92 Å². The highest BCUT2D eigenvalue weighted by Gasteiger charge is 2.11. The van der Waals surface area contributed by atoms with Crippen LogP contribution in [0.1, 0.15) is 60.2 Å². The van der Waals surface area contributed by atoms with Crippen LogP contribution < -0.4 is 9.47 Å². The maximum atomic E-state index is 12.3. The van der Waals surface area contributed by atoms with Crippen LogP contribution >= 0.6 is 0 Å². The molecule has 2 aromatic rings. The van der Waals surface area contributed by atoms with Crippen molar-refractivity contribution < 1.29 is 28.5 Å². The first-order valence-electron chi connectivity index (χ1n) is 10.4. The van der Waals surface area contributed by atoms with E-state index in [0.29, 0.717) is 36.7 Å². The fourth-order valence-corrected chi connectivity index (χ4v) is 2.65. The van der Waals surface area contributed by atoms with Gasteiger partial charge in [-0.15, -0.1) is 0 Å². The molecule has 6 heteroatoms. The van der Waals surface area contributed by atoms with Gasteiger partial charge in [0.05, 0.1) is 24.3 Å². The van der Waals surface area contributed by atoms with Gasteiger partial charge in [-0.1, -0.05) is 26.2 Å². The second-order valence-corrected chi connectivity index (χ2v) is 6.68. The van der Waals surface area contributed by atoms with Crippen molar-refractivity contribution >= 4 is 11.9 Å². The summed E-state index contributed by atoms with van der Waals surface area (Å²) in [5.74, 6) is 0.159. The monoisotopic (exact) mass is 414 g/mol. The minimum absolute atomic E-state index is 0.196. The third-order valence-corrected chi connectivity index (χ3v) is 4.32. The van der Waals surface area contributed by atoms with Gasteiger partial charge < -0.3 is 18.9 Å². The Morgan fingerprint density at radius 2 is 1.33 bits per heavy atom. The molecule has 0 spiro atoms. The summed E-state index contributed by atoms with van der Waals surface area (Å²) < 4.78 is 21.3. The second-order valence-electron chi connectivity index (χ2n) is 6.68.